The molecule has 3 N–H and O–H groups in total. The first-order valence-corrected chi connectivity index (χ1v) is 10.8. The maximum Gasteiger partial charge on any atom is 0.340 e. The SMILES string of the molecule is COC(=O)C1=C(N)Oc2cc(C)[nH]c(=O)c2C12C(=O)N(Cc1ccccc1Cl)c1ccccc12. The monoisotopic (exact) mass is 477 g/mol. The summed E-state index contributed by atoms with van der Waals surface area (Å²) < 4.78 is 10.7. The zero-order valence-electron chi connectivity index (χ0n) is 18.3. The average Bonchev–Trinajstić information content (AvgIpc) is 3.03. The molecular weight excluding hydrogens is 458 g/mol. The highest BCUT2D eigenvalue weighted by atomic mass is 35.5. The number of nitrogens with one attached hydrogen (secondary N) is 1. The van der Waals surface area contributed by atoms with Gasteiger partial charge in [-0.15, -0.1) is 0 Å². The Kier molecular flexibility index (Phi) is 4.98. The molecule has 0 fully saturated rings. The Morgan fingerprint density at radius 2 is 1.88 bits per heavy atom. The van der Waals surface area contributed by atoms with E-state index in [0.29, 0.717) is 27.5 Å². The van der Waals surface area contributed by atoms with Crippen molar-refractivity contribution in [3.63, 3.8) is 0 Å². The number of esters is 1. The van der Waals surface area contributed by atoms with E-state index < -0.39 is 22.9 Å². The van der Waals surface area contributed by atoms with E-state index in [2.05, 4.69) is 4.98 Å². The van der Waals surface area contributed by atoms with Crippen LogP contribution in [0.5, 0.6) is 5.75 Å². The lowest BCUT2D eigenvalue weighted by Gasteiger charge is -2.35. The largest absolute Gasteiger partial charge is 0.465 e. The molecule has 34 heavy (non-hydrogen) atoms. The highest BCUT2D eigenvalue weighted by Crippen LogP contribution is 2.54. The van der Waals surface area contributed by atoms with Crippen molar-refractivity contribution in [3.8, 4) is 5.75 Å². The number of aryl methyl sites for hydroxylation is 1. The third-order valence-electron chi connectivity index (χ3n) is 6.19. The Labute approximate surface area is 199 Å². The number of halogens is 1. The molecule has 0 aliphatic carbocycles. The van der Waals surface area contributed by atoms with Gasteiger partial charge in [0.2, 0.25) is 11.8 Å². The Hall–Kier alpha value is -4.04. The van der Waals surface area contributed by atoms with Gasteiger partial charge in [0, 0.05) is 28.0 Å². The van der Waals surface area contributed by atoms with Crippen molar-refractivity contribution in [3.05, 3.63) is 104 Å². The molecular formula is C25H20ClN3O5. The van der Waals surface area contributed by atoms with Crippen LogP contribution in [-0.2, 0) is 26.3 Å². The third kappa shape index (κ3) is 2.88. The highest BCUT2D eigenvalue weighted by Gasteiger charge is 2.62. The number of amides is 1. The molecule has 3 aromatic rings. The minimum absolute atomic E-state index is 0.0215. The number of para-hydroxylation sites is 1. The van der Waals surface area contributed by atoms with Crippen LogP contribution in [0.15, 0.2) is 70.8 Å². The summed E-state index contributed by atoms with van der Waals surface area (Å²) in [4.78, 5) is 45.0. The number of benzene rings is 2. The van der Waals surface area contributed by atoms with E-state index in [-0.39, 0.29) is 29.3 Å². The molecule has 0 radical (unpaired) electrons. The number of rotatable bonds is 3. The molecule has 0 bridgehead atoms. The summed E-state index contributed by atoms with van der Waals surface area (Å²) in [7, 11) is 1.18. The van der Waals surface area contributed by atoms with Gasteiger partial charge in [-0.05, 0) is 24.6 Å². The molecule has 0 saturated carbocycles. The molecule has 172 valence electrons. The van der Waals surface area contributed by atoms with Gasteiger partial charge in [-0.25, -0.2) is 4.79 Å². The van der Waals surface area contributed by atoms with Crippen molar-refractivity contribution in [1.82, 2.24) is 4.98 Å². The molecule has 1 aromatic heterocycles. The van der Waals surface area contributed by atoms with E-state index in [4.69, 9.17) is 26.8 Å². The maximum atomic E-state index is 14.4. The lowest BCUT2D eigenvalue weighted by molar-refractivity contribution is -0.138. The van der Waals surface area contributed by atoms with Crippen molar-refractivity contribution in [2.75, 3.05) is 12.0 Å². The molecule has 2 aromatic carbocycles. The number of carbonyl (C=O) groups excluding carboxylic acids is 2. The van der Waals surface area contributed by atoms with Gasteiger partial charge in [-0.2, -0.15) is 0 Å². The number of nitrogens with two attached hydrogens (primary N) is 1. The fourth-order valence-electron chi connectivity index (χ4n) is 4.82. The summed E-state index contributed by atoms with van der Waals surface area (Å²) in [5.41, 5.74) is 5.70. The second-order valence-corrected chi connectivity index (χ2v) is 8.51. The predicted octanol–water partition coefficient (Wildman–Crippen LogP) is 2.91. The first kappa shape index (κ1) is 21.8. The van der Waals surface area contributed by atoms with Crippen LogP contribution >= 0.6 is 11.6 Å². The number of fused-ring (bicyclic) bond motifs is 4. The van der Waals surface area contributed by atoms with Crippen LogP contribution in [-0.4, -0.2) is 24.0 Å². The Balaban J connectivity index is 1.85. The van der Waals surface area contributed by atoms with E-state index in [1.54, 1.807) is 49.4 Å². The van der Waals surface area contributed by atoms with Gasteiger partial charge in [-0.3, -0.25) is 9.59 Å². The normalized spacial score (nSPS) is 18.6. The summed E-state index contributed by atoms with van der Waals surface area (Å²) in [5, 5.41) is 0.484. The molecule has 3 heterocycles. The third-order valence-corrected chi connectivity index (χ3v) is 6.56. The second kappa shape index (κ2) is 7.78. The first-order chi connectivity index (χ1) is 16.3. The molecule has 1 amide bonds. The number of carbonyl (C=O) groups is 2. The van der Waals surface area contributed by atoms with Crippen LogP contribution in [0.3, 0.4) is 0 Å². The molecule has 0 saturated heterocycles. The molecule has 1 spiro atoms. The highest BCUT2D eigenvalue weighted by molar-refractivity contribution is 6.31. The standard InChI is InChI=1S/C25H20ClN3O5/c1-13-11-18-19(22(30)28-13)25(20(21(27)34-18)23(31)33-2)15-8-4-6-10-17(15)29(24(25)32)12-14-7-3-5-9-16(14)26/h3-11H,12,27H2,1-2H3,(H,28,30). The molecule has 5 rings (SSSR count). The number of ether oxygens (including phenoxy) is 2. The summed E-state index contributed by atoms with van der Waals surface area (Å²) in [6.45, 7) is 1.80. The number of aromatic nitrogens is 1. The topological polar surface area (TPSA) is 115 Å². The van der Waals surface area contributed by atoms with Gasteiger partial charge in [0.05, 0.1) is 19.2 Å². The number of hydrogen-bond acceptors (Lipinski definition) is 6. The van der Waals surface area contributed by atoms with Crippen LogP contribution in [0.25, 0.3) is 0 Å². The smallest absolute Gasteiger partial charge is 0.340 e. The number of aromatic amines is 1. The summed E-state index contributed by atoms with van der Waals surface area (Å²) >= 11 is 6.39. The van der Waals surface area contributed by atoms with E-state index in [0.717, 1.165) is 0 Å². The number of anilines is 1. The molecule has 2 aliphatic rings. The lowest BCUT2D eigenvalue weighted by atomic mass is 9.68. The van der Waals surface area contributed by atoms with Crippen molar-refractivity contribution in [1.29, 1.82) is 0 Å². The number of hydrogen-bond donors (Lipinski definition) is 2. The maximum absolute atomic E-state index is 14.4. The predicted molar refractivity (Wildman–Crippen MR) is 126 cm³/mol. The van der Waals surface area contributed by atoms with Crippen LogP contribution in [0.4, 0.5) is 5.69 Å². The average molecular weight is 478 g/mol. The quantitative estimate of drug-likeness (QED) is 0.560. The van der Waals surface area contributed by atoms with E-state index in [1.165, 1.54) is 12.0 Å². The van der Waals surface area contributed by atoms with E-state index >= 15 is 0 Å². The molecule has 9 heteroatoms. The summed E-state index contributed by atoms with van der Waals surface area (Å²) in [6, 6.07) is 15.7. The number of H-pyrrole nitrogens is 1. The van der Waals surface area contributed by atoms with Crippen molar-refractivity contribution in [2.24, 2.45) is 5.73 Å². The Morgan fingerprint density at radius 3 is 2.62 bits per heavy atom. The van der Waals surface area contributed by atoms with Crippen LogP contribution in [0, 0.1) is 6.92 Å². The van der Waals surface area contributed by atoms with Crippen LogP contribution in [0.1, 0.15) is 22.4 Å². The van der Waals surface area contributed by atoms with E-state index in [9.17, 15) is 14.4 Å². The molecule has 1 atom stereocenters. The fraction of sp³-hybridized carbons (Fsp3) is 0.160. The Morgan fingerprint density at radius 1 is 1.18 bits per heavy atom. The van der Waals surface area contributed by atoms with E-state index in [1.807, 2.05) is 12.1 Å². The number of nitrogens with zero attached hydrogens (tertiary/aromatic N) is 1. The second-order valence-electron chi connectivity index (χ2n) is 8.10. The van der Waals surface area contributed by atoms with Crippen molar-refractivity contribution >= 4 is 29.2 Å². The first-order valence-electron chi connectivity index (χ1n) is 10.5. The number of methoxy groups -OCH3 is 1. The summed E-state index contributed by atoms with van der Waals surface area (Å²) in [6.07, 6.45) is 0. The zero-order valence-corrected chi connectivity index (χ0v) is 19.1. The van der Waals surface area contributed by atoms with Gasteiger partial charge < -0.3 is 25.1 Å². The Bertz CT molecular complexity index is 1460. The van der Waals surface area contributed by atoms with Crippen molar-refractivity contribution in [2.45, 2.75) is 18.9 Å². The van der Waals surface area contributed by atoms with Gasteiger partial charge in [0.15, 0.2) is 0 Å². The molecule has 1 unspecified atom stereocenters. The minimum Gasteiger partial charge on any atom is -0.465 e. The number of pyridine rings is 1. The lowest BCUT2D eigenvalue weighted by Crippen LogP contribution is -2.51. The molecule has 2 aliphatic heterocycles. The van der Waals surface area contributed by atoms with Gasteiger partial charge >= 0.3 is 5.97 Å². The summed E-state index contributed by atoms with van der Waals surface area (Å²) in [5.74, 6) is -1.59. The van der Waals surface area contributed by atoms with Gasteiger partial charge in [0.25, 0.3) is 5.56 Å². The van der Waals surface area contributed by atoms with Crippen molar-refractivity contribution < 1.29 is 19.1 Å². The van der Waals surface area contributed by atoms with Gasteiger partial charge in [0.1, 0.15) is 16.7 Å². The van der Waals surface area contributed by atoms with Crippen LogP contribution < -0.4 is 20.9 Å². The minimum atomic E-state index is -1.86. The zero-order chi connectivity index (χ0) is 24.2. The fourth-order valence-corrected chi connectivity index (χ4v) is 5.01. The molecule has 8 nitrogen and oxygen atoms in total. The van der Waals surface area contributed by atoms with Crippen LogP contribution in [0.2, 0.25) is 5.02 Å². The van der Waals surface area contributed by atoms with Gasteiger partial charge in [-0.1, -0.05) is 48.0 Å².